The first-order valence-electron chi connectivity index (χ1n) is 9.81. The molecular formula is C22H24N4O5. The molecule has 0 radical (unpaired) electrons. The third-order valence-corrected chi connectivity index (χ3v) is 4.77. The number of nitrogen functional groups attached to an aromatic ring is 1. The Kier molecular flexibility index (Phi) is 6.86. The van der Waals surface area contributed by atoms with Crippen LogP contribution in [-0.2, 0) is 14.3 Å². The van der Waals surface area contributed by atoms with Crippen LogP contribution in [0.15, 0.2) is 42.5 Å². The van der Waals surface area contributed by atoms with Crippen LogP contribution in [0.2, 0.25) is 0 Å². The van der Waals surface area contributed by atoms with Crippen molar-refractivity contribution in [2.45, 2.75) is 19.3 Å². The number of fused-ring (bicyclic) bond motifs is 2. The van der Waals surface area contributed by atoms with Crippen LogP contribution in [0.3, 0.4) is 0 Å². The van der Waals surface area contributed by atoms with E-state index in [0.29, 0.717) is 36.4 Å². The topological polar surface area (TPSA) is 135 Å². The highest BCUT2D eigenvalue weighted by molar-refractivity contribution is 5.97. The van der Waals surface area contributed by atoms with Crippen LogP contribution in [0, 0.1) is 0 Å². The second kappa shape index (κ2) is 9.75. The first kappa shape index (κ1) is 21.8. The van der Waals surface area contributed by atoms with E-state index in [1.807, 2.05) is 30.3 Å². The number of nitrogens with two attached hydrogens (primary N) is 1. The van der Waals surface area contributed by atoms with E-state index in [4.69, 9.17) is 15.6 Å². The number of rotatable bonds is 8. The SMILES string of the molecule is COC(=O)N(CCCNC(=O)CCC(=O)O)c1ccc2cc3ccc(N)cc3nc2c1. The van der Waals surface area contributed by atoms with E-state index < -0.39 is 12.1 Å². The van der Waals surface area contributed by atoms with Crippen molar-refractivity contribution in [2.75, 3.05) is 30.8 Å². The number of ether oxygens (including phenoxy) is 1. The lowest BCUT2D eigenvalue weighted by molar-refractivity contribution is -0.138. The maximum absolute atomic E-state index is 12.3. The molecule has 0 atom stereocenters. The number of benzene rings is 2. The quantitative estimate of drug-likeness (QED) is 0.287. The first-order chi connectivity index (χ1) is 14.9. The zero-order valence-corrected chi connectivity index (χ0v) is 17.1. The Labute approximate surface area is 178 Å². The molecule has 0 saturated carbocycles. The van der Waals surface area contributed by atoms with Crippen LogP contribution >= 0.6 is 0 Å². The van der Waals surface area contributed by atoms with E-state index in [2.05, 4.69) is 10.3 Å². The fourth-order valence-corrected chi connectivity index (χ4v) is 3.21. The van der Waals surface area contributed by atoms with Crippen molar-refractivity contribution in [2.24, 2.45) is 0 Å². The van der Waals surface area contributed by atoms with Crippen molar-refractivity contribution < 1.29 is 24.2 Å². The molecule has 1 heterocycles. The summed E-state index contributed by atoms with van der Waals surface area (Å²) in [6.07, 6.45) is -0.357. The number of carbonyl (C=O) groups excluding carboxylic acids is 2. The number of carboxylic acid groups (broad SMARTS) is 1. The van der Waals surface area contributed by atoms with Crippen LogP contribution in [-0.4, -0.2) is 48.3 Å². The highest BCUT2D eigenvalue weighted by atomic mass is 16.5. The zero-order chi connectivity index (χ0) is 22.4. The van der Waals surface area contributed by atoms with Gasteiger partial charge in [-0.2, -0.15) is 0 Å². The average Bonchev–Trinajstić information content (AvgIpc) is 2.75. The lowest BCUT2D eigenvalue weighted by Crippen LogP contribution is -2.34. The maximum atomic E-state index is 12.3. The normalized spacial score (nSPS) is 10.7. The fraction of sp³-hybridized carbons (Fsp3) is 0.273. The number of carbonyl (C=O) groups is 3. The molecule has 0 unspecified atom stereocenters. The van der Waals surface area contributed by atoms with Crippen molar-refractivity contribution in [3.63, 3.8) is 0 Å². The Bertz CT molecular complexity index is 1130. The van der Waals surface area contributed by atoms with Crippen LogP contribution in [0.5, 0.6) is 0 Å². The Balaban J connectivity index is 1.73. The fourth-order valence-electron chi connectivity index (χ4n) is 3.21. The van der Waals surface area contributed by atoms with Gasteiger partial charge in [0.2, 0.25) is 5.91 Å². The molecule has 0 aliphatic heterocycles. The predicted octanol–water partition coefficient (Wildman–Crippen LogP) is 2.91. The van der Waals surface area contributed by atoms with E-state index in [9.17, 15) is 14.4 Å². The molecule has 31 heavy (non-hydrogen) atoms. The number of amides is 2. The van der Waals surface area contributed by atoms with E-state index >= 15 is 0 Å². The summed E-state index contributed by atoms with van der Waals surface area (Å²) in [6.45, 7) is 0.611. The molecule has 0 aliphatic rings. The van der Waals surface area contributed by atoms with Gasteiger partial charge in [0.25, 0.3) is 0 Å². The van der Waals surface area contributed by atoms with Crippen molar-refractivity contribution >= 4 is 51.2 Å². The van der Waals surface area contributed by atoms with Gasteiger partial charge in [0.05, 0.1) is 24.6 Å². The molecule has 0 spiro atoms. The summed E-state index contributed by atoms with van der Waals surface area (Å²) >= 11 is 0. The summed E-state index contributed by atoms with van der Waals surface area (Å²) in [5.41, 5.74) is 8.58. The smallest absolute Gasteiger partial charge is 0.413 e. The van der Waals surface area contributed by atoms with Gasteiger partial charge < -0.3 is 20.9 Å². The molecule has 9 nitrogen and oxygen atoms in total. The van der Waals surface area contributed by atoms with Crippen LogP contribution in [0.1, 0.15) is 19.3 Å². The van der Waals surface area contributed by atoms with E-state index in [1.165, 1.54) is 12.0 Å². The second-order valence-electron chi connectivity index (χ2n) is 7.04. The molecule has 2 amide bonds. The number of hydrogen-bond acceptors (Lipinski definition) is 6. The first-order valence-corrected chi connectivity index (χ1v) is 9.81. The summed E-state index contributed by atoms with van der Waals surface area (Å²) in [5, 5.41) is 13.2. The number of aliphatic carboxylic acids is 1. The number of nitrogens with one attached hydrogen (secondary N) is 1. The Morgan fingerprint density at radius 1 is 1.06 bits per heavy atom. The largest absolute Gasteiger partial charge is 0.481 e. The molecule has 0 aliphatic carbocycles. The van der Waals surface area contributed by atoms with E-state index in [-0.39, 0.29) is 18.7 Å². The predicted molar refractivity (Wildman–Crippen MR) is 118 cm³/mol. The lowest BCUT2D eigenvalue weighted by atomic mass is 10.1. The van der Waals surface area contributed by atoms with Crippen molar-refractivity contribution in [3.8, 4) is 0 Å². The van der Waals surface area contributed by atoms with Gasteiger partial charge in [-0.25, -0.2) is 9.78 Å². The average molecular weight is 424 g/mol. The maximum Gasteiger partial charge on any atom is 0.413 e. The van der Waals surface area contributed by atoms with Gasteiger partial charge in [0.15, 0.2) is 0 Å². The van der Waals surface area contributed by atoms with E-state index in [0.717, 1.165) is 16.3 Å². The van der Waals surface area contributed by atoms with Gasteiger partial charge in [-0.3, -0.25) is 14.5 Å². The highest BCUT2D eigenvalue weighted by Gasteiger charge is 2.17. The van der Waals surface area contributed by atoms with Gasteiger partial charge >= 0.3 is 12.1 Å². The minimum absolute atomic E-state index is 0.0785. The summed E-state index contributed by atoms with van der Waals surface area (Å²) in [4.78, 5) is 40.6. The van der Waals surface area contributed by atoms with Gasteiger partial charge in [0, 0.05) is 41.7 Å². The molecular weight excluding hydrogens is 400 g/mol. The summed E-state index contributed by atoms with van der Waals surface area (Å²) in [5.74, 6) is -1.36. The molecule has 0 fully saturated rings. The van der Waals surface area contributed by atoms with Crippen molar-refractivity contribution in [1.82, 2.24) is 10.3 Å². The van der Waals surface area contributed by atoms with Crippen LogP contribution < -0.4 is 16.0 Å². The van der Waals surface area contributed by atoms with Gasteiger partial charge in [-0.05, 0) is 36.8 Å². The summed E-state index contributed by atoms with van der Waals surface area (Å²) in [6, 6.07) is 13.1. The molecule has 3 rings (SSSR count). The molecule has 0 saturated heterocycles. The molecule has 3 aromatic rings. The molecule has 0 bridgehead atoms. The molecule has 9 heteroatoms. The number of nitrogens with zero attached hydrogens (tertiary/aromatic N) is 2. The number of anilines is 2. The minimum atomic E-state index is -1.02. The lowest BCUT2D eigenvalue weighted by Gasteiger charge is -2.21. The summed E-state index contributed by atoms with van der Waals surface area (Å²) in [7, 11) is 1.30. The number of hydrogen-bond donors (Lipinski definition) is 3. The number of aromatic nitrogens is 1. The van der Waals surface area contributed by atoms with Crippen molar-refractivity contribution in [3.05, 3.63) is 42.5 Å². The third-order valence-electron chi connectivity index (χ3n) is 4.77. The van der Waals surface area contributed by atoms with Crippen LogP contribution in [0.4, 0.5) is 16.2 Å². The van der Waals surface area contributed by atoms with Gasteiger partial charge in [-0.15, -0.1) is 0 Å². The molecule has 1 aromatic heterocycles. The Hall–Kier alpha value is -3.88. The Morgan fingerprint density at radius 2 is 1.77 bits per heavy atom. The second-order valence-corrected chi connectivity index (χ2v) is 7.04. The number of pyridine rings is 1. The van der Waals surface area contributed by atoms with Crippen molar-refractivity contribution in [1.29, 1.82) is 0 Å². The van der Waals surface area contributed by atoms with Gasteiger partial charge in [-0.1, -0.05) is 12.1 Å². The number of methoxy groups -OCH3 is 1. The molecule has 4 N–H and O–H groups in total. The zero-order valence-electron chi connectivity index (χ0n) is 17.1. The monoisotopic (exact) mass is 424 g/mol. The number of carboxylic acids is 1. The standard InChI is InChI=1S/C22H24N4O5/c1-31-22(30)26(10-2-9-24-20(27)7-8-21(28)29)17-6-4-15-11-14-3-5-16(23)12-18(14)25-19(15)13-17/h3-6,11-13H,2,7-10,23H2,1H3,(H,24,27)(H,28,29). The minimum Gasteiger partial charge on any atom is -0.481 e. The Morgan fingerprint density at radius 3 is 2.48 bits per heavy atom. The van der Waals surface area contributed by atoms with Crippen LogP contribution in [0.25, 0.3) is 21.8 Å². The van der Waals surface area contributed by atoms with Gasteiger partial charge in [0.1, 0.15) is 0 Å². The highest BCUT2D eigenvalue weighted by Crippen LogP contribution is 2.26. The van der Waals surface area contributed by atoms with E-state index in [1.54, 1.807) is 12.1 Å². The summed E-state index contributed by atoms with van der Waals surface area (Å²) < 4.78 is 4.91. The molecule has 2 aromatic carbocycles. The molecule has 162 valence electrons. The third kappa shape index (κ3) is 5.59.